The summed E-state index contributed by atoms with van der Waals surface area (Å²) < 4.78 is 48.0. The van der Waals surface area contributed by atoms with Crippen molar-refractivity contribution in [2.75, 3.05) is 32.8 Å². The van der Waals surface area contributed by atoms with Crippen LogP contribution in [-0.4, -0.2) is 59.5 Å². The number of benzene rings is 3. The number of alkyl halides is 3. The molecule has 0 bridgehead atoms. The molecule has 3 aliphatic rings. The number of halogens is 3. The molecular weight excluding hydrogens is 613 g/mol. The van der Waals surface area contributed by atoms with E-state index in [2.05, 4.69) is 15.1 Å². The lowest BCUT2D eigenvalue weighted by molar-refractivity contribution is -0.137. The SMILES string of the molecule is CCOc1cccc2c(C(=O)NC3(c4ccccc4)CC3)c(CN3CCC(N4CCCCC4)CC3)c(-c3cccc(C(F)(F)F)c3)nc12. The van der Waals surface area contributed by atoms with E-state index in [1.165, 1.54) is 25.3 Å². The van der Waals surface area contributed by atoms with Crippen LogP contribution in [0.15, 0.2) is 72.8 Å². The van der Waals surface area contributed by atoms with Gasteiger partial charge in [-0.05, 0) is 95.4 Å². The molecule has 1 amide bonds. The van der Waals surface area contributed by atoms with E-state index in [4.69, 9.17) is 9.72 Å². The predicted octanol–water partition coefficient (Wildman–Crippen LogP) is 8.19. The van der Waals surface area contributed by atoms with Crippen LogP contribution in [0.5, 0.6) is 5.75 Å². The number of hydrogen-bond donors (Lipinski definition) is 1. The van der Waals surface area contributed by atoms with Crippen molar-refractivity contribution in [1.29, 1.82) is 0 Å². The minimum Gasteiger partial charge on any atom is -0.492 e. The van der Waals surface area contributed by atoms with Crippen molar-refractivity contribution in [3.8, 4) is 17.0 Å². The third kappa shape index (κ3) is 6.67. The Labute approximate surface area is 280 Å². The van der Waals surface area contributed by atoms with Gasteiger partial charge in [0.15, 0.2) is 0 Å². The van der Waals surface area contributed by atoms with Crippen LogP contribution in [0.2, 0.25) is 0 Å². The summed E-state index contributed by atoms with van der Waals surface area (Å²) in [5.74, 6) is 0.249. The quantitative estimate of drug-likeness (QED) is 0.197. The zero-order chi connectivity index (χ0) is 33.3. The molecule has 1 aromatic heterocycles. The number of ether oxygens (including phenoxy) is 1. The number of aromatic nitrogens is 1. The molecule has 2 saturated heterocycles. The molecule has 1 saturated carbocycles. The first-order valence-corrected chi connectivity index (χ1v) is 17.4. The number of fused-ring (bicyclic) bond motifs is 1. The Balaban J connectivity index is 1.34. The van der Waals surface area contributed by atoms with Gasteiger partial charge in [-0.2, -0.15) is 13.2 Å². The van der Waals surface area contributed by atoms with Gasteiger partial charge in [0.25, 0.3) is 5.91 Å². The van der Waals surface area contributed by atoms with E-state index in [0.717, 1.165) is 69.6 Å². The van der Waals surface area contributed by atoms with Crippen molar-refractivity contribution >= 4 is 16.8 Å². The Kier molecular flexibility index (Phi) is 9.18. The summed E-state index contributed by atoms with van der Waals surface area (Å²) in [6.45, 7) is 6.64. The fourth-order valence-corrected chi connectivity index (χ4v) is 7.66. The van der Waals surface area contributed by atoms with E-state index >= 15 is 0 Å². The van der Waals surface area contributed by atoms with Gasteiger partial charge in [0.2, 0.25) is 0 Å². The summed E-state index contributed by atoms with van der Waals surface area (Å²) in [6.07, 6.45) is 2.94. The summed E-state index contributed by atoms with van der Waals surface area (Å²) in [5.41, 5.74) is 2.09. The number of piperidine rings is 2. The number of nitrogens with zero attached hydrogens (tertiary/aromatic N) is 3. The molecule has 0 spiro atoms. The largest absolute Gasteiger partial charge is 0.492 e. The Hall–Kier alpha value is -3.95. The van der Waals surface area contributed by atoms with Gasteiger partial charge < -0.3 is 15.0 Å². The highest BCUT2D eigenvalue weighted by Crippen LogP contribution is 2.46. The van der Waals surface area contributed by atoms with E-state index in [-0.39, 0.29) is 5.91 Å². The normalized spacial score (nSPS) is 18.9. The lowest BCUT2D eigenvalue weighted by Crippen LogP contribution is -2.46. The number of carbonyl (C=O) groups is 1. The molecule has 2 aliphatic heterocycles. The van der Waals surface area contributed by atoms with Crippen molar-refractivity contribution < 1.29 is 22.7 Å². The summed E-state index contributed by atoms with van der Waals surface area (Å²) in [5, 5.41) is 4.01. The van der Waals surface area contributed by atoms with Crippen LogP contribution in [0, 0.1) is 0 Å². The molecule has 6 nitrogen and oxygen atoms in total. The summed E-state index contributed by atoms with van der Waals surface area (Å²) in [6, 6.07) is 21.4. The molecular formula is C39H43F3N4O2. The molecule has 3 heterocycles. The number of likely N-dealkylation sites (tertiary alicyclic amines) is 2. The number of amides is 1. The second kappa shape index (κ2) is 13.5. The first-order chi connectivity index (χ1) is 23.3. The van der Waals surface area contributed by atoms with E-state index in [1.54, 1.807) is 12.1 Å². The van der Waals surface area contributed by atoms with Gasteiger partial charge in [-0.25, -0.2) is 4.98 Å². The van der Waals surface area contributed by atoms with Crippen LogP contribution >= 0.6 is 0 Å². The van der Waals surface area contributed by atoms with E-state index in [9.17, 15) is 18.0 Å². The van der Waals surface area contributed by atoms with Gasteiger partial charge in [-0.1, -0.05) is 61.0 Å². The number of rotatable bonds is 9. The molecule has 1 N–H and O–H groups in total. The highest BCUT2D eigenvalue weighted by Gasteiger charge is 2.46. The van der Waals surface area contributed by atoms with Gasteiger partial charge in [0.05, 0.1) is 29.0 Å². The number of pyridine rings is 1. The van der Waals surface area contributed by atoms with Crippen LogP contribution in [0.25, 0.3) is 22.2 Å². The minimum atomic E-state index is -4.52. The van der Waals surface area contributed by atoms with Crippen LogP contribution in [0.1, 0.15) is 78.9 Å². The molecule has 4 aromatic rings. The maximum atomic E-state index is 14.7. The average molecular weight is 657 g/mol. The standard InChI is InChI=1S/C39H43F3N4O2/c1-2-48-33-16-10-15-31-34(37(47)44-38(19-20-38)28-12-5-3-6-13-28)32(26-45-23-17-30(18-24-45)46-21-7-4-8-22-46)35(43-36(31)33)27-11-9-14-29(25-27)39(40,41)42/h3,5-6,9-16,25,30H,2,4,7-8,17-24,26H2,1H3,(H,44,47). The van der Waals surface area contributed by atoms with Gasteiger partial charge in [-0.3, -0.25) is 9.69 Å². The molecule has 9 heteroatoms. The topological polar surface area (TPSA) is 57.7 Å². The maximum Gasteiger partial charge on any atom is 0.416 e. The average Bonchev–Trinajstić information content (AvgIpc) is 3.89. The minimum absolute atomic E-state index is 0.246. The van der Waals surface area contributed by atoms with E-state index < -0.39 is 17.3 Å². The second-order valence-corrected chi connectivity index (χ2v) is 13.5. The van der Waals surface area contributed by atoms with E-state index in [1.807, 2.05) is 49.4 Å². The maximum absolute atomic E-state index is 14.7. The van der Waals surface area contributed by atoms with Gasteiger partial charge in [0, 0.05) is 29.1 Å². The molecule has 252 valence electrons. The highest BCUT2D eigenvalue weighted by molar-refractivity contribution is 6.10. The molecule has 3 fully saturated rings. The first-order valence-electron chi connectivity index (χ1n) is 17.4. The Morgan fingerprint density at radius 1 is 0.938 bits per heavy atom. The molecule has 48 heavy (non-hydrogen) atoms. The van der Waals surface area contributed by atoms with Crippen molar-refractivity contribution in [3.63, 3.8) is 0 Å². The highest BCUT2D eigenvalue weighted by atomic mass is 19.4. The summed E-state index contributed by atoms with van der Waals surface area (Å²) in [7, 11) is 0. The van der Waals surface area contributed by atoms with Crippen LogP contribution < -0.4 is 10.1 Å². The monoisotopic (exact) mass is 656 g/mol. The van der Waals surface area contributed by atoms with Crippen molar-refractivity contribution in [3.05, 3.63) is 95.1 Å². The van der Waals surface area contributed by atoms with Crippen LogP contribution in [0.4, 0.5) is 13.2 Å². The fraction of sp³-hybridized carbons (Fsp3) is 0.436. The third-order valence-electron chi connectivity index (χ3n) is 10.3. The molecule has 7 rings (SSSR count). The number of nitrogens with one attached hydrogen (secondary N) is 1. The molecule has 3 aromatic carbocycles. The van der Waals surface area contributed by atoms with Gasteiger partial charge >= 0.3 is 6.18 Å². The van der Waals surface area contributed by atoms with Crippen molar-refractivity contribution in [2.24, 2.45) is 0 Å². The Morgan fingerprint density at radius 3 is 2.35 bits per heavy atom. The summed E-state index contributed by atoms with van der Waals surface area (Å²) >= 11 is 0. The molecule has 0 atom stereocenters. The Bertz CT molecular complexity index is 1760. The van der Waals surface area contributed by atoms with E-state index in [0.29, 0.717) is 58.2 Å². The number of carbonyl (C=O) groups excluding carboxylic acids is 1. The van der Waals surface area contributed by atoms with Gasteiger partial charge in [-0.15, -0.1) is 0 Å². The summed E-state index contributed by atoms with van der Waals surface area (Å²) in [4.78, 5) is 24.7. The molecule has 0 radical (unpaired) electrons. The number of para-hydroxylation sites is 1. The number of hydrogen-bond acceptors (Lipinski definition) is 5. The van der Waals surface area contributed by atoms with Crippen LogP contribution in [-0.2, 0) is 18.3 Å². The van der Waals surface area contributed by atoms with Crippen LogP contribution in [0.3, 0.4) is 0 Å². The lowest BCUT2D eigenvalue weighted by Gasteiger charge is -2.40. The molecule has 0 unspecified atom stereocenters. The van der Waals surface area contributed by atoms with Gasteiger partial charge in [0.1, 0.15) is 11.3 Å². The Morgan fingerprint density at radius 2 is 1.67 bits per heavy atom. The third-order valence-corrected chi connectivity index (χ3v) is 10.3. The first kappa shape index (κ1) is 32.6. The second-order valence-electron chi connectivity index (χ2n) is 13.5. The zero-order valence-electron chi connectivity index (χ0n) is 27.5. The predicted molar refractivity (Wildman–Crippen MR) is 182 cm³/mol. The van der Waals surface area contributed by atoms with Crippen molar-refractivity contribution in [1.82, 2.24) is 20.1 Å². The lowest BCUT2D eigenvalue weighted by atomic mass is 9.93. The smallest absolute Gasteiger partial charge is 0.416 e. The fourth-order valence-electron chi connectivity index (χ4n) is 7.66. The zero-order valence-corrected chi connectivity index (χ0v) is 27.5. The van der Waals surface area contributed by atoms with Crippen molar-refractivity contribution in [2.45, 2.75) is 76.2 Å². The molecule has 1 aliphatic carbocycles.